The van der Waals surface area contributed by atoms with Crippen molar-refractivity contribution >= 4 is 11.5 Å². The smallest absolute Gasteiger partial charge is 0.199 e. The van der Waals surface area contributed by atoms with Gasteiger partial charge in [-0.2, -0.15) is 4.52 Å². The van der Waals surface area contributed by atoms with Gasteiger partial charge in [0.1, 0.15) is 0 Å². The quantitative estimate of drug-likeness (QED) is 0.850. The van der Waals surface area contributed by atoms with E-state index in [4.69, 9.17) is 5.73 Å². The summed E-state index contributed by atoms with van der Waals surface area (Å²) >= 11 is 0. The average Bonchev–Trinajstić information content (AvgIpc) is 2.91. The first-order chi connectivity index (χ1) is 9.22. The second kappa shape index (κ2) is 4.73. The van der Waals surface area contributed by atoms with Crippen LogP contribution in [0.2, 0.25) is 0 Å². The maximum Gasteiger partial charge on any atom is 0.199 e. The Bertz CT molecular complexity index is 556. The largest absolute Gasteiger partial charge is 0.362 e. The minimum absolute atomic E-state index is 0.0611. The fourth-order valence-corrected chi connectivity index (χ4v) is 2.73. The fraction of sp³-hybridized carbons (Fsp3) is 0.667. The molecule has 1 saturated carbocycles. The van der Waals surface area contributed by atoms with Crippen molar-refractivity contribution in [3.8, 4) is 0 Å². The van der Waals surface area contributed by atoms with Gasteiger partial charge >= 0.3 is 0 Å². The van der Waals surface area contributed by atoms with Gasteiger partial charge in [-0.05, 0) is 42.0 Å². The highest BCUT2D eigenvalue weighted by atomic mass is 15.5. The zero-order chi connectivity index (χ0) is 13.3. The van der Waals surface area contributed by atoms with E-state index < -0.39 is 0 Å². The molecule has 0 radical (unpaired) electrons. The van der Waals surface area contributed by atoms with Crippen LogP contribution in [0.1, 0.15) is 32.6 Å². The summed E-state index contributed by atoms with van der Waals surface area (Å²) in [6.07, 6.45) is 7.93. The molecule has 3 N–H and O–H groups in total. The van der Waals surface area contributed by atoms with E-state index in [9.17, 15) is 0 Å². The number of nitrogens with two attached hydrogens (primary N) is 1. The molecule has 19 heavy (non-hydrogen) atoms. The lowest BCUT2D eigenvalue weighted by molar-refractivity contribution is 0.271. The molecular weight excluding hydrogens is 242 g/mol. The summed E-state index contributed by atoms with van der Waals surface area (Å²) in [6, 6.07) is 0. The van der Waals surface area contributed by atoms with Crippen molar-refractivity contribution in [1.29, 1.82) is 0 Å². The standard InChI is InChI=1S/C12H19N7/c1-9-2-4-12(8-13,5-3-9)15-10-6-14-7-11-16-17-18-19(10)11/h6-7,9,15H,2-5,8,13H2,1H3. The Labute approximate surface area is 111 Å². The first kappa shape index (κ1) is 12.3. The lowest BCUT2D eigenvalue weighted by Gasteiger charge is -2.39. The first-order valence-corrected chi connectivity index (χ1v) is 6.73. The van der Waals surface area contributed by atoms with Crippen molar-refractivity contribution in [3.05, 3.63) is 12.4 Å². The summed E-state index contributed by atoms with van der Waals surface area (Å²) in [7, 11) is 0. The van der Waals surface area contributed by atoms with Crippen LogP contribution in [-0.2, 0) is 0 Å². The molecular formula is C12H19N7. The third-order valence-corrected chi connectivity index (χ3v) is 4.12. The number of hydrogen-bond donors (Lipinski definition) is 2. The molecule has 0 bridgehead atoms. The maximum absolute atomic E-state index is 6.01. The lowest BCUT2D eigenvalue weighted by atomic mass is 9.77. The maximum atomic E-state index is 6.01. The number of anilines is 1. The van der Waals surface area contributed by atoms with E-state index in [0.717, 1.165) is 24.6 Å². The molecule has 102 valence electrons. The van der Waals surface area contributed by atoms with Crippen LogP contribution in [-0.4, -0.2) is 37.1 Å². The topological polar surface area (TPSA) is 94.0 Å². The monoisotopic (exact) mass is 261 g/mol. The average molecular weight is 261 g/mol. The van der Waals surface area contributed by atoms with Crippen molar-refractivity contribution in [2.75, 3.05) is 11.9 Å². The number of nitrogens with one attached hydrogen (secondary N) is 1. The van der Waals surface area contributed by atoms with Gasteiger partial charge in [0.05, 0.1) is 17.9 Å². The highest BCUT2D eigenvalue weighted by Crippen LogP contribution is 2.33. The normalized spacial score (nSPS) is 27.6. The van der Waals surface area contributed by atoms with Crippen LogP contribution in [0.15, 0.2) is 12.4 Å². The Hall–Kier alpha value is -1.76. The van der Waals surface area contributed by atoms with Gasteiger partial charge in [-0.3, -0.25) is 4.98 Å². The molecule has 0 amide bonds. The number of tetrazole rings is 1. The van der Waals surface area contributed by atoms with Crippen molar-refractivity contribution in [1.82, 2.24) is 25.0 Å². The van der Waals surface area contributed by atoms with Crippen LogP contribution in [0.5, 0.6) is 0 Å². The molecule has 0 atom stereocenters. The Morgan fingerprint density at radius 2 is 2.21 bits per heavy atom. The van der Waals surface area contributed by atoms with Crippen molar-refractivity contribution < 1.29 is 0 Å². The van der Waals surface area contributed by atoms with Crippen LogP contribution in [0.25, 0.3) is 5.65 Å². The number of hydrogen-bond acceptors (Lipinski definition) is 6. The van der Waals surface area contributed by atoms with Crippen LogP contribution < -0.4 is 11.1 Å². The molecule has 1 aliphatic rings. The number of nitrogens with zero attached hydrogens (tertiary/aromatic N) is 5. The second-order valence-electron chi connectivity index (χ2n) is 5.53. The van der Waals surface area contributed by atoms with E-state index in [1.807, 2.05) is 0 Å². The van der Waals surface area contributed by atoms with E-state index in [1.54, 1.807) is 16.9 Å². The fourth-order valence-electron chi connectivity index (χ4n) is 2.73. The van der Waals surface area contributed by atoms with E-state index in [-0.39, 0.29) is 5.54 Å². The molecule has 2 heterocycles. The zero-order valence-corrected chi connectivity index (χ0v) is 11.1. The lowest BCUT2D eigenvalue weighted by Crippen LogP contribution is -2.48. The summed E-state index contributed by atoms with van der Waals surface area (Å²) < 4.78 is 1.67. The minimum atomic E-state index is -0.0611. The predicted octanol–water partition coefficient (Wildman–Crippen LogP) is 0.839. The Morgan fingerprint density at radius 1 is 1.42 bits per heavy atom. The molecule has 1 aliphatic carbocycles. The van der Waals surface area contributed by atoms with Gasteiger partial charge in [0, 0.05) is 6.54 Å². The van der Waals surface area contributed by atoms with Crippen LogP contribution in [0.4, 0.5) is 5.82 Å². The molecule has 2 aromatic heterocycles. The number of aromatic nitrogens is 5. The third-order valence-electron chi connectivity index (χ3n) is 4.12. The first-order valence-electron chi connectivity index (χ1n) is 6.73. The van der Waals surface area contributed by atoms with Gasteiger partial charge in [0.15, 0.2) is 11.5 Å². The second-order valence-corrected chi connectivity index (χ2v) is 5.53. The van der Waals surface area contributed by atoms with Crippen LogP contribution >= 0.6 is 0 Å². The number of fused-ring (bicyclic) bond motifs is 1. The predicted molar refractivity (Wildman–Crippen MR) is 71.6 cm³/mol. The van der Waals surface area contributed by atoms with Gasteiger partial charge < -0.3 is 11.1 Å². The summed E-state index contributed by atoms with van der Waals surface area (Å²) in [6.45, 7) is 2.91. The van der Waals surface area contributed by atoms with Crippen LogP contribution in [0, 0.1) is 5.92 Å². The third kappa shape index (κ3) is 2.25. The molecule has 0 spiro atoms. The van der Waals surface area contributed by atoms with Gasteiger partial charge in [-0.25, -0.2) is 0 Å². The zero-order valence-electron chi connectivity index (χ0n) is 11.1. The molecule has 0 saturated heterocycles. The summed E-state index contributed by atoms with van der Waals surface area (Å²) in [4.78, 5) is 4.16. The summed E-state index contributed by atoms with van der Waals surface area (Å²) in [5.41, 5.74) is 6.59. The Balaban J connectivity index is 1.88. The number of rotatable bonds is 3. The molecule has 1 fully saturated rings. The molecule has 7 nitrogen and oxygen atoms in total. The molecule has 0 unspecified atom stereocenters. The molecule has 7 heteroatoms. The minimum Gasteiger partial charge on any atom is -0.362 e. The molecule has 0 aromatic carbocycles. The molecule has 3 rings (SSSR count). The summed E-state index contributed by atoms with van der Waals surface area (Å²) in [5.74, 6) is 1.59. The highest BCUT2D eigenvalue weighted by molar-refractivity contribution is 5.45. The Kier molecular flexibility index (Phi) is 3.06. The van der Waals surface area contributed by atoms with E-state index in [2.05, 4.69) is 32.7 Å². The van der Waals surface area contributed by atoms with Gasteiger partial charge in [0.2, 0.25) is 0 Å². The van der Waals surface area contributed by atoms with Crippen molar-refractivity contribution in [2.24, 2.45) is 11.7 Å². The molecule has 2 aromatic rings. The van der Waals surface area contributed by atoms with Gasteiger partial charge in [-0.1, -0.05) is 6.92 Å². The van der Waals surface area contributed by atoms with Crippen molar-refractivity contribution in [2.45, 2.75) is 38.1 Å². The van der Waals surface area contributed by atoms with Crippen LogP contribution in [0.3, 0.4) is 0 Å². The highest BCUT2D eigenvalue weighted by Gasteiger charge is 2.33. The summed E-state index contributed by atoms with van der Waals surface area (Å²) in [5, 5.41) is 15.1. The van der Waals surface area contributed by atoms with Gasteiger partial charge in [0.25, 0.3) is 0 Å². The van der Waals surface area contributed by atoms with Crippen molar-refractivity contribution in [3.63, 3.8) is 0 Å². The molecule has 0 aliphatic heterocycles. The van der Waals surface area contributed by atoms with E-state index in [0.29, 0.717) is 12.2 Å². The SMILES string of the molecule is CC1CCC(CN)(Nc2cncc3nnnn23)CC1. The van der Waals surface area contributed by atoms with E-state index in [1.165, 1.54) is 12.8 Å². The van der Waals surface area contributed by atoms with Gasteiger partial charge in [-0.15, -0.1) is 5.10 Å². The van der Waals surface area contributed by atoms with E-state index >= 15 is 0 Å². The Morgan fingerprint density at radius 3 is 2.95 bits per heavy atom.